The summed E-state index contributed by atoms with van der Waals surface area (Å²) in [5.41, 5.74) is 7.60. The highest BCUT2D eigenvalue weighted by Crippen LogP contribution is 2.33. The molecule has 0 radical (unpaired) electrons. The highest BCUT2D eigenvalue weighted by molar-refractivity contribution is 5.30. The second-order valence-corrected chi connectivity index (χ2v) is 6.31. The Morgan fingerprint density at radius 1 is 1.20 bits per heavy atom. The maximum atomic E-state index is 6.30. The molecule has 3 heteroatoms. The first kappa shape index (κ1) is 15.3. The SMILES string of the molecule is COc1ccc(C(C(C)N)N2CC(C)CCC2C)cc1. The molecule has 0 amide bonds. The van der Waals surface area contributed by atoms with Crippen LogP contribution in [0.1, 0.15) is 45.2 Å². The van der Waals surface area contributed by atoms with E-state index >= 15 is 0 Å². The van der Waals surface area contributed by atoms with Gasteiger partial charge in [0.25, 0.3) is 0 Å². The zero-order valence-corrected chi connectivity index (χ0v) is 13.2. The average molecular weight is 276 g/mol. The van der Waals surface area contributed by atoms with Crippen molar-refractivity contribution < 1.29 is 4.74 Å². The molecule has 4 atom stereocenters. The average Bonchev–Trinajstić information content (AvgIpc) is 2.43. The van der Waals surface area contributed by atoms with Crippen LogP contribution in [0.15, 0.2) is 24.3 Å². The molecule has 1 fully saturated rings. The van der Waals surface area contributed by atoms with E-state index in [9.17, 15) is 0 Å². The third-order valence-corrected chi connectivity index (χ3v) is 4.48. The quantitative estimate of drug-likeness (QED) is 0.917. The second kappa shape index (κ2) is 6.59. The van der Waals surface area contributed by atoms with Gasteiger partial charge in [0.05, 0.1) is 7.11 Å². The van der Waals surface area contributed by atoms with Gasteiger partial charge >= 0.3 is 0 Å². The Hall–Kier alpha value is -1.06. The first-order chi connectivity index (χ1) is 9.52. The second-order valence-electron chi connectivity index (χ2n) is 6.31. The van der Waals surface area contributed by atoms with Crippen LogP contribution in [0, 0.1) is 5.92 Å². The summed E-state index contributed by atoms with van der Waals surface area (Å²) < 4.78 is 5.25. The predicted molar refractivity (Wildman–Crippen MR) is 84.0 cm³/mol. The summed E-state index contributed by atoms with van der Waals surface area (Å²) in [6.07, 6.45) is 2.59. The fourth-order valence-corrected chi connectivity index (χ4v) is 3.31. The van der Waals surface area contributed by atoms with Crippen molar-refractivity contribution in [3.05, 3.63) is 29.8 Å². The molecule has 0 aliphatic carbocycles. The number of rotatable bonds is 4. The molecule has 3 nitrogen and oxygen atoms in total. The Morgan fingerprint density at radius 2 is 1.85 bits per heavy atom. The molecule has 4 unspecified atom stereocenters. The number of hydrogen-bond donors (Lipinski definition) is 1. The number of likely N-dealkylation sites (tertiary alicyclic amines) is 1. The van der Waals surface area contributed by atoms with Crippen LogP contribution >= 0.6 is 0 Å². The number of benzene rings is 1. The van der Waals surface area contributed by atoms with Gasteiger partial charge in [-0.3, -0.25) is 4.90 Å². The molecule has 1 heterocycles. The molecule has 2 rings (SSSR count). The van der Waals surface area contributed by atoms with Crippen LogP contribution in [0.25, 0.3) is 0 Å². The monoisotopic (exact) mass is 276 g/mol. The number of nitrogens with zero attached hydrogens (tertiary/aromatic N) is 1. The maximum Gasteiger partial charge on any atom is 0.118 e. The number of nitrogens with two attached hydrogens (primary N) is 1. The minimum Gasteiger partial charge on any atom is -0.497 e. The normalized spacial score (nSPS) is 27.1. The van der Waals surface area contributed by atoms with Crippen molar-refractivity contribution in [2.45, 2.75) is 51.7 Å². The van der Waals surface area contributed by atoms with Crippen molar-refractivity contribution in [2.75, 3.05) is 13.7 Å². The van der Waals surface area contributed by atoms with Gasteiger partial charge in [-0.05, 0) is 50.3 Å². The van der Waals surface area contributed by atoms with Gasteiger partial charge in [0.1, 0.15) is 5.75 Å². The van der Waals surface area contributed by atoms with Gasteiger partial charge in [-0.25, -0.2) is 0 Å². The molecule has 112 valence electrons. The van der Waals surface area contributed by atoms with Crippen LogP contribution in [0.2, 0.25) is 0 Å². The van der Waals surface area contributed by atoms with Crippen LogP contribution in [-0.4, -0.2) is 30.6 Å². The molecule has 1 aromatic rings. The first-order valence-electron chi connectivity index (χ1n) is 7.68. The maximum absolute atomic E-state index is 6.30. The molecule has 1 aromatic carbocycles. The highest BCUT2D eigenvalue weighted by Gasteiger charge is 2.31. The topological polar surface area (TPSA) is 38.5 Å². The van der Waals surface area contributed by atoms with E-state index in [1.54, 1.807) is 7.11 Å². The summed E-state index contributed by atoms with van der Waals surface area (Å²) in [6, 6.07) is 9.38. The fourth-order valence-electron chi connectivity index (χ4n) is 3.31. The molecule has 20 heavy (non-hydrogen) atoms. The number of hydrogen-bond acceptors (Lipinski definition) is 3. The molecule has 0 bridgehead atoms. The molecule has 0 spiro atoms. The lowest BCUT2D eigenvalue weighted by Gasteiger charge is -2.44. The summed E-state index contributed by atoms with van der Waals surface area (Å²) in [4.78, 5) is 2.58. The van der Waals surface area contributed by atoms with Gasteiger partial charge in [0.2, 0.25) is 0 Å². The third-order valence-electron chi connectivity index (χ3n) is 4.48. The van der Waals surface area contributed by atoms with Crippen LogP contribution in [0.4, 0.5) is 0 Å². The van der Waals surface area contributed by atoms with Gasteiger partial charge in [0, 0.05) is 24.7 Å². The van der Waals surface area contributed by atoms with Crippen LogP contribution in [-0.2, 0) is 0 Å². The molecular weight excluding hydrogens is 248 g/mol. The minimum atomic E-state index is 0.121. The van der Waals surface area contributed by atoms with E-state index in [4.69, 9.17) is 10.5 Å². The minimum absolute atomic E-state index is 0.121. The van der Waals surface area contributed by atoms with Crippen LogP contribution in [0.5, 0.6) is 5.75 Å². The van der Waals surface area contributed by atoms with Crippen LogP contribution < -0.4 is 10.5 Å². The summed E-state index contributed by atoms with van der Waals surface area (Å²) in [7, 11) is 1.70. The number of ether oxygens (including phenoxy) is 1. The molecule has 1 saturated heterocycles. The highest BCUT2D eigenvalue weighted by atomic mass is 16.5. The lowest BCUT2D eigenvalue weighted by Crippen LogP contribution is -2.48. The Kier molecular flexibility index (Phi) is 5.06. The molecular formula is C17H28N2O. The fraction of sp³-hybridized carbons (Fsp3) is 0.647. The zero-order chi connectivity index (χ0) is 14.7. The van der Waals surface area contributed by atoms with Crippen molar-refractivity contribution in [3.8, 4) is 5.75 Å². The predicted octanol–water partition coefficient (Wildman–Crippen LogP) is 3.20. The van der Waals surface area contributed by atoms with Gasteiger partial charge in [-0.15, -0.1) is 0 Å². The van der Waals surface area contributed by atoms with E-state index in [1.807, 2.05) is 12.1 Å². The van der Waals surface area contributed by atoms with Crippen molar-refractivity contribution >= 4 is 0 Å². The van der Waals surface area contributed by atoms with E-state index in [0.717, 1.165) is 18.2 Å². The standard InChI is InChI=1S/C17H28N2O/c1-12-5-6-13(2)19(11-12)17(14(3)18)15-7-9-16(20-4)10-8-15/h7-10,12-14,17H,5-6,11,18H2,1-4H3. The lowest BCUT2D eigenvalue weighted by molar-refractivity contribution is 0.0660. The Morgan fingerprint density at radius 3 is 2.40 bits per heavy atom. The zero-order valence-electron chi connectivity index (χ0n) is 13.2. The van der Waals surface area contributed by atoms with Gasteiger partial charge in [0.15, 0.2) is 0 Å². The molecule has 2 N–H and O–H groups in total. The van der Waals surface area contributed by atoms with Crippen molar-refractivity contribution in [1.29, 1.82) is 0 Å². The summed E-state index contributed by atoms with van der Waals surface area (Å²) in [5, 5.41) is 0. The van der Waals surface area contributed by atoms with Crippen molar-refractivity contribution in [1.82, 2.24) is 4.90 Å². The Balaban J connectivity index is 2.25. The van der Waals surface area contributed by atoms with Crippen molar-refractivity contribution in [3.63, 3.8) is 0 Å². The summed E-state index contributed by atoms with van der Waals surface area (Å²) in [6.45, 7) is 7.91. The van der Waals surface area contributed by atoms with Crippen LogP contribution in [0.3, 0.4) is 0 Å². The number of methoxy groups -OCH3 is 1. The smallest absolute Gasteiger partial charge is 0.118 e. The first-order valence-corrected chi connectivity index (χ1v) is 7.68. The Labute approximate surface area is 123 Å². The molecule has 0 saturated carbocycles. The van der Waals surface area contributed by atoms with E-state index in [0.29, 0.717) is 12.1 Å². The van der Waals surface area contributed by atoms with E-state index in [2.05, 4.69) is 37.8 Å². The largest absolute Gasteiger partial charge is 0.497 e. The number of piperidine rings is 1. The van der Waals surface area contributed by atoms with Gasteiger partial charge in [-0.1, -0.05) is 19.1 Å². The summed E-state index contributed by atoms with van der Waals surface area (Å²) >= 11 is 0. The van der Waals surface area contributed by atoms with Crippen molar-refractivity contribution in [2.24, 2.45) is 11.7 Å². The van der Waals surface area contributed by atoms with E-state index in [1.165, 1.54) is 18.4 Å². The molecule has 1 aliphatic heterocycles. The summed E-state index contributed by atoms with van der Waals surface area (Å²) in [5.74, 6) is 1.66. The lowest BCUT2D eigenvalue weighted by atomic mass is 9.89. The molecule has 1 aliphatic rings. The van der Waals surface area contributed by atoms with Gasteiger partial charge < -0.3 is 10.5 Å². The van der Waals surface area contributed by atoms with E-state index in [-0.39, 0.29) is 6.04 Å². The molecule has 0 aromatic heterocycles. The Bertz CT molecular complexity index is 416. The third kappa shape index (κ3) is 3.33. The van der Waals surface area contributed by atoms with Gasteiger partial charge in [-0.2, -0.15) is 0 Å². The van der Waals surface area contributed by atoms with E-state index < -0.39 is 0 Å².